The van der Waals surface area contributed by atoms with E-state index in [9.17, 15) is 0 Å². The fourth-order valence-corrected chi connectivity index (χ4v) is 9.28. The van der Waals surface area contributed by atoms with Crippen LogP contribution in [0.25, 0.3) is 32.9 Å². The molecule has 3 aromatic carbocycles. The number of aromatic nitrogens is 2. The van der Waals surface area contributed by atoms with Crippen molar-refractivity contribution in [3.63, 3.8) is 0 Å². The largest absolute Gasteiger partial charge is 0.288 e. The zero-order chi connectivity index (χ0) is 31.2. The summed E-state index contributed by atoms with van der Waals surface area (Å²) in [7, 11) is 0. The van der Waals surface area contributed by atoms with E-state index in [0.29, 0.717) is 11.8 Å². The van der Waals surface area contributed by atoms with Gasteiger partial charge < -0.3 is 0 Å². The topological polar surface area (TPSA) is 16.8 Å². The highest BCUT2D eigenvalue weighted by molar-refractivity contribution is 6.06. The first-order chi connectivity index (χ1) is 21.0. The minimum Gasteiger partial charge on any atom is -0.215 e. The average molecular weight is 584 g/mol. The lowest BCUT2D eigenvalue weighted by atomic mass is 9.66. The predicted molar refractivity (Wildman–Crippen MR) is 186 cm³/mol. The van der Waals surface area contributed by atoms with Crippen LogP contribution in [0, 0.1) is 17.3 Å². The first-order valence-corrected chi connectivity index (χ1v) is 17.4. The van der Waals surface area contributed by atoms with Crippen LogP contribution in [0.4, 0.5) is 0 Å². The van der Waals surface area contributed by atoms with E-state index in [2.05, 4.69) is 128 Å². The molecule has 3 aliphatic rings. The van der Waals surface area contributed by atoms with E-state index in [1.165, 1.54) is 80.9 Å². The fourth-order valence-electron chi connectivity index (χ4n) is 9.28. The van der Waals surface area contributed by atoms with E-state index in [1.54, 1.807) is 5.57 Å². The molecule has 0 fully saturated rings. The molecule has 2 aliphatic carbocycles. The van der Waals surface area contributed by atoms with Crippen molar-refractivity contribution in [3.8, 4) is 11.3 Å². The Morgan fingerprint density at radius 3 is 2.27 bits per heavy atom. The van der Waals surface area contributed by atoms with E-state index in [-0.39, 0.29) is 16.4 Å². The Balaban J connectivity index is 1.63. The molecule has 0 amide bonds. The molecule has 2 heteroatoms. The molecule has 1 aromatic heterocycles. The molecule has 44 heavy (non-hydrogen) atoms. The van der Waals surface area contributed by atoms with Crippen molar-refractivity contribution in [2.75, 3.05) is 0 Å². The summed E-state index contributed by atoms with van der Waals surface area (Å²) in [4.78, 5) is 5.34. The van der Waals surface area contributed by atoms with Gasteiger partial charge in [-0.1, -0.05) is 104 Å². The van der Waals surface area contributed by atoms with Crippen molar-refractivity contribution in [1.29, 1.82) is 0 Å². The summed E-state index contributed by atoms with van der Waals surface area (Å²) >= 11 is 0. The van der Waals surface area contributed by atoms with Crippen LogP contribution in [0.3, 0.4) is 0 Å². The molecule has 4 aromatic rings. The zero-order valence-electron chi connectivity index (χ0n) is 28.6. The lowest BCUT2D eigenvalue weighted by molar-refractivity contribution is -0.728. The van der Waals surface area contributed by atoms with Gasteiger partial charge in [-0.2, -0.15) is 0 Å². The summed E-state index contributed by atoms with van der Waals surface area (Å²) in [6.45, 7) is 21.4. The van der Waals surface area contributed by atoms with Crippen LogP contribution in [0.15, 0.2) is 72.1 Å². The van der Waals surface area contributed by atoms with E-state index in [4.69, 9.17) is 4.98 Å². The van der Waals surface area contributed by atoms with Gasteiger partial charge in [-0.25, -0.2) is 4.57 Å². The molecule has 1 spiro atoms. The molecular formula is C42H51N2+. The van der Waals surface area contributed by atoms with E-state index < -0.39 is 0 Å². The first kappa shape index (κ1) is 29.5. The second-order valence-corrected chi connectivity index (χ2v) is 15.7. The highest BCUT2D eigenvalue weighted by atomic mass is 15.1. The van der Waals surface area contributed by atoms with Gasteiger partial charge in [-0.05, 0) is 106 Å². The highest BCUT2D eigenvalue weighted by Crippen LogP contribution is 2.58. The molecule has 0 radical (unpaired) electrons. The van der Waals surface area contributed by atoms with Crippen LogP contribution >= 0.6 is 0 Å². The van der Waals surface area contributed by atoms with Crippen molar-refractivity contribution in [1.82, 2.24) is 4.98 Å². The second-order valence-electron chi connectivity index (χ2n) is 15.7. The summed E-state index contributed by atoms with van der Waals surface area (Å²) in [5.41, 5.74) is 12.8. The molecule has 1 atom stereocenters. The maximum absolute atomic E-state index is 5.34. The highest BCUT2D eigenvalue weighted by Gasteiger charge is 2.54. The quantitative estimate of drug-likeness (QED) is 0.198. The van der Waals surface area contributed by atoms with E-state index in [0.717, 1.165) is 18.4 Å². The van der Waals surface area contributed by atoms with Crippen molar-refractivity contribution in [2.45, 2.75) is 112 Å². The molecule has 1 unspecified atom stereocenters. The minimum absolute atomic E-state index is 0.152. The molecule has 0 saturated carbocycles. The first-order valence-electron chi connectivity index (χ1n) is 17.4. The monoisotopic (exact) mass is 583 g/mol. The van der Waals surface area contributed by atoms with Crippen LogP contribution < -0.4 is 4.57 Å². The number of benzene rings is 3. The number of fused-ring (bicyclic) bond motifs is 4. The van der Waals surface area contributed by atoms with E-state index in [1.807, 2.05) is 0 Å². The molecule has 0 bridgehead atoms. The third-order valence-corrected chi connectivity index (χ3v) is 11.4. The molecule has 2 heterocycles. The second kappa shape index (κ2) is 10.1. The summed E-state index contributed by atoms with van der Waals surface area (Å²) in [5.74, 6) is 1.17. The lowest BCUT2D eigenvalue weighted by Gasteiger charge is -2.36. The number of rotatable bonds is 7. The summed E-state index contributed by atoms with van der Waals surface area (Å²) in [6, 6.07) is 16.6. The van der Waals surface area contributed by atoms with E-state index >= 15 is 0 Å². The molecular weight excluding hydrogens is 532 g/mol. The van der Waals surface area contributed by atoms with Crippen LogP contribution in [0.5, 0.6) is 0 Å². The SMILES string of the molecule is CCC(CC)C1=CC2(CC(C(CC)CC)=C1)c1cc3ccccc3c3c1-c1c4c(cc(CC(C)(C)C)cc4nc[n+]12)C3(C)C. The molecule has 2 nitrogen and oxygen atoms in total. The van der Waals surface area contributed by atoms with Crippen molar-refractivity contribution in [3.05, 3.63) is 94.3 Å². The number of hydrogen-bond acceptors (Lipinski definition) is 1. The van der Waals surface area contributed by atoms with Gasteiger partial charge in [-0.3, -0.25) is 0 Å². The lowest BCUT2D eigenvalue weighted by Crippen LogP contribution is -2.55. The van der Waals surface area contributed by atoms with Crippen LogP contribution in [0.2, 0.25) is 0 Å². The normalized spacial score (nSPS) is 19.9. The Morgan fingerprint density at radius 1 is 0.886 bits per heavy atom. The van der Waals surface area contributed by atoms with Crippen molar-refractivity contribution in [2.24, 2.45) is 17.3 Å². The molecule has 7 rings (SSSR count). The number of nitrogens with zero attached hydrogens (tertiary/aromatic N) is 2. The fraction of sp³-hybridized carbons (Fsp3) is 0.476. The van der Waals surface area contributed by atoms with Gasteiger partial charge in [0.15, 0.2) is 11.1 Å². The van der Waals surface area contributed by atoms with Gasteiger partial charge in [0.1, 0.15) is 5.69 Å². The van der Waals surface area contributed by atoms with Crippen LogP contribution in [0.1, 0.15) is 117 Å². The Bertz CT molecular complexity index is 1870. The van der Waals surface area contributed by atoms with Gasteiger partial charge in [0, 0.05) is 23.0 Å². The minimum atomic E-state index is -0.267. The number of allylic oxidation sites excluding steroid dienone is 4. The third-order valence-electron chi connectivity index (χ3n) is 11.4. The summed E-state index contributed by atoms with van der Waals surface area (Å²) in [5, 5.41) is 4.12. The number of hydrogen-bond donors (Lipinski definition) is 0. The summed E-state index contributed by atoms with van der Waals surface area (Å²) < 4.78 is 2.63. The van der Waals surface area contributed by atoms with Crippen LogP contribution in [-0.4, -0.2) is 4.98 Å². The predicted octanol–water partition coefficient (Wildman–Crippen LogP) is 10.8. The van der Waals surface area contributed by atoms with Gasteiger partial charge in [0.05, 0.1) is 5.39 Å². The molecule has 0 N–H and O–H groups in total. The Kier molecular flexibility index (Phi) is 6.78. The van der Waals surface area contributed by atoms with Crippen LogP contribution in [-0.2, 0) is 17.4 Å². The Labute approximate surface area is 265 Å². The molecule has 0 saturated heterocycles. The Hall–Kier alpha value is -3.26. The van der Waals surface area contributed by atoms with Gasteiger partial charge in [0.25, 0.3) is 6.33 Å². The van der Waals surface area contributed by atoms with Crippen molar-refractivity contribution < 1.29 is 4.57 Å². The standard InChI is InChI=1S/C42H51N2/c1-10-27(11-2)30-20-31(28(12-3)13-4)24-42(23-30)34-21-29-16-14-15-17-32(29)38-37(34)39-36-33(41(38,8)9)18-26(22-40(5,6)7)19-35(36)43-25-44(39)42/h14-21,23,25,27-28H,10-13,22,24H2,1-9H3/q+1. The maximum atomic E-state index is 5.34. The van der Waals surface area contributed by atoms with Gasteiger partial charge in [0.2, 0.25) is 0 Å². The van der Waals surface area contributed by atoms with Gasteiger partial charge in [-0.15, -0.1) is 0 Å². The van der Waals surface area contributed by atoms with Crippen molar-refractivity contribution >= 4 is 21.7 Å². The Morgan fingerprint density at radius 2 is 1.59 bits per heavy atom. The summed E-state index contributed by atoms with van der Waals surface area (Å²) in [6.07, 6.45) is 14.3. The zero-order valence-corrected chi connectivity index (χ0v) is 28.6. The molecule has 1 aliphatic heterocycles. The maximum Gasteiger partial charge on any atom is 0.288 e. The molecule has 228 valence electrons. The van der Waals surface area contributed by atoms with Gasteiger partial charge >= 0.3 is 0 Å². The third kappa shape index (κ3) is 4.12. The smallest absolute Gasteiger partial charge is 0.215 e. The average Bonchev–Trinajstić information content (AvgIpc) is 3.23.